The zero-order valence-electron chi connectivity index (χ0n) is 9.68. The van der Waals surface area contributed by atoms with Crippen molar-refractivity contribution >= 4 is 27.5 Å². The van der Waals surface area contributed by atoms with Gasteiger partial charge in [0.15, 0.2) is 0 Å². The van der Waals surface area contributed by atoms with E-state index in [0.717, 1.165) is 16.2 Å². The molecule has 0 spiro atoms. The van der Waals surface area contributed by atoms with Crippen LogP contribution < -0.4 is 5.73 Å². The second kappa shape index (κ2) is 4.47. The second-order valence-electron chi connectivity index (χ2n) is 4.09. The third-order valence-electron chi connectivity index (χ3n) is 3.01. The number of rotatable bonds is 1. The van der Waals surface area contributed by atoms with Crippen molar-refractivity contribution in [1.82, 2.24) is 0 Å². The Balaban J connectivity index is 0.00000120. The molecule has 1 amide bonds. The highest BCUT2D eigenvalue weighted by Gasteiger charge is 2.06. The van der Waals surface area contributed by atoms with Gasteiger partial charge in [-0.05, 0) is 39.7 Å². The summed E-state index contributed by atoms with van der Waals surface area (Å²) in [6, 6.07) is 17.8. The molecular weight excluding hydrogens is 226 g/mol. The van der Waals surface area contributed by atoms with Crippen LogP contribution in [0.15, 0.2) is 54.6 Å². The number of fused-ring (bicyclic) bond motifs is 2. The normalized spacial score (nSPS) is 10.2. The van der Waals surface area contributed by atoms with E-state index in [0.29, 0.717) is 5.56 Å². The van der Waals surface area contributed by atoms with Crippen molar-refractivity contribution < 1.29 is 10.3 Å². The molecular formula is C15H13NO2. The molecule has 0 atom stereocenters. The van der Waals surface area contributed by atoms with Gasteiger partial charge in [-0.2, -0.15) is 0 Å². The molecule has 0 unspecified atom stereocenters. The predicted molar refractivity (Wildman–Crippen MR) is 73.6 cm³/mol. The molecule has 90 valence electrons. The molecule has 3 rings (SSSR count). The third kappa shape index (κ3) is 1.81. The van der Waals surface area contributed by atoms with Gasteiger partial charge in [0.05, 0.1) is 0 Å². The first-order valence-corrected chi connectivity index (χ1v) is 5.47. The highest BCUT2D eigenvalue weighted by Crippen LogP contribution is 2.25. The van der Waals surface area contributed by atoms with E-state index in [2.05, 4.69) is 12.1 Å². The van der Waals surface area contributed by atoms with Crippen LogP contribution in [0, 0.1) is 0 Å². The lowest BCUT2D eigenvalue weighted by Crippen LogP contribution is -2.11. The number of hydrogen-bond donors (Lipinski definition) is 1. The lowest BCUT2D eigenvalue weighted by Gasteiger charge is -2.05. The fourth-order valence-corrected chi connectivity index (χ4v) is 2.18. The van der Waals surface area contributed by atoms with E-state index in [1.54, 1.807) is 6.07 Å². The molecule has 0 aliphatic heterocycles. The molecule has 0 saturated heterocycles. The molecule has 0 bridgehead atoms. The molecule has 4 N–H and O–H groups in total. The van der Waals surface area contributed by atoms with Crippen LogP contribution in [0.25, 0.3) is 21.5 Å². The van der Waals surface area contributed by atoms with Crippen molar-refractivity contribution in [3.05, 3.63) is 60.2 Å². The molecule has 3 heteroatoms. The first-order valence-electron chi connectivity index (χ1n) is 5.47. The SMILES string of the molecule is NC(=O)c1cccc2cc3ccccc3cc12.O. The highest BCUT2D eigenvalue weighted by molar-refractivity contribution is 6.10. The Morgan fingerprint density at radius 1 is 0.833 bits per heavy atom. The minimum absolute atomic E-state index is 0. The Morgan fingerprint density at radius 2 is 1.44 bits per heavy atom. The van der Waals surface area contributed by atoms with Crippen molar-refractivity contribution in [2.45, 2.75) is 0 Å². The fraction of sp³-hybridized carbons (Fsp3) is 0. The maximum atomic E-state index is 11.4. The molecule has 0 aliphatic rings. The van der Waals surface area contributed by atoms with Crippen molar-refractivity contribution in [1.29, 1.82) is 0 Å². The van der Waals surface area contributed by atoms with E-state index >= 15 is 0 Å². The maximum absolute atomic E-state index is 11.4. The molecule has 0 fully saturated rings. The third-order valence-corrected chi connectivity index (χ3v) is 3.01. The minimum Gasteiger partial charge on any atom is -0.412 e. The summed E-state index contributed by atoms with van der Waals surface area (Å²) in [5.74, 6) is -0.383. The first kappa shape index (κ1) is 12.1. The van der Waals surface area contributed by atoms with Crippen LogP contribution in [-0.4, -0.2) is 11.4 Å². The predicted octanol–water partition coefficient (Wildman–Crippen LogP) is 2.27. The Hall–Kier alpha value is -2.39. The van der Waals surface area contributed by atoms with Gasteiger partial charge < -0.3 is 11.2 Å². The number of nitrogens with two attached hydrogens (primary N) is 1. The van der Waals surface area contributed by atoms with Crippen molar-refractivity contribution in [3.8, 4) is 0 Å². The number of carbonyl (C=O) groups excluding carboxylic acids is 1. The van der Waals surface area contributed by atoms with Crippen LogP contribution in [0.3, 0.4) is 0 Å². The number of benzene rings is 3. The van der Waals surface area contributed by atoms with E-state index < -0.39 is 0 Å². The highest BCUT2D eigenvalue weighted by atomic mass is 16.1. The number of primary amides is 1. The monoisotopic (exact) mass is 239 g/mol. The Labute approximate surface area is 104 Å². The second-order valence-corrected chi connectivity index (χ2v) is 4.09. The molecule has 0 saturated carbocycles. The molecule has 3 aromatic carbocycles. The number of amides is 1. The van der Waals surface area contributed by atoms with Gasteiger partial charge in [-0.25, -0.2) is 0 Å². The van der Waals surface area contributed by atoms with Crippen molar-refractivity contribution in [3.63, 3.8) is 0 Å². The minimum atomic E-state index is -0.383. The van der Waals surface area contributed by atoms with Gasteiger partial charge >= 0.3 is 0 Å². The Kier molecular flexibility index (Phi) is 3.00. The summed E-state index contributed by atoms with van der Waals surface area (Å²) in [6.07, 6.45) is 0. The van der Waals surface area contributed by atoms with E-state index in [4.69, 9.17) is 5.73 Å². The van der Waals surface area contributed by atoms with E-state index in [-0.39, 0.29) is 11.4 Å². The number of hydrogen-bond acceptors (Lipinski definition) is 1. The molecule has 3 aromatic rings. The fourth-order valence-electron chi connectivity index (χ4n) is 2.18. The van der Waals surface area contributed by atoms with Gasteiger partial charge in [-0.3, -0.25) is 4.79 Å². The van der Waals surface area contributed by atoms with Crippen LogP contribution >= 0.6 is 0 Å². The Morgan fingerprint density at radius 3 is 2.11 bits per heavy atom. The van der Waals surface area contributed by atoms with E-state index in [9.17, 15) is 4.79 Å². The van der Waals surface area contributed by atoms with Crippen LogP contribution in [0.1, 0.15) is 10.4 Å². The average Bonchev–Trinajstić information content (AvgIpc) is 2.35. The summed E-state index contributed by atoms with van der Waals surface area (Å²) < 4.78 is 0. The van der Waals surface area contributed by atoms with Gasteiger partial charge in [0.2, 0.25) is 5.91 Å². The van der Waals surface area contributed by atoms with Gasteiger partial charge in [0.1, 0.15) is 0 Å². The molecule has 0 radical (unpaired) electrons. The summed E-state index contributed by atoms with van der Waals surface area (Å²) in [7, 11) is 0. The van der Waals surface area contributed by atoms with Crippen molar-refractivity contribution in [2.24, 2.45) is 5.73 Å². The molecule has 0 aliphatic carbocycles. The van der Waals surface area contributed by atoms with Crippen molar-refractivity contribution in [2.75, 3.05) is 0 Å². The standard InChI is InChI=1S/C15H11NO.H2O/c16-15(17)13-7-3-6-12-8-10-4-1-2-5-11(10)9-14(12)13;/h1-9H,(H2,16,17);1H2. The van der Waals surface area contributed by atoms with Crippen LogP contribution in [0.2, 0.25) is 0 Å². The molecule has 3 nitrogen and oxygen atoms in total. The van der Waals surface area contributed by atoms with Crippen LogP contribution in [0.4, 0.5) is 0 Å². The summed E-state index contributed by atoms with van der Waals surface area (Å²) >= 11 is 0. The Bertz CT molecular complexity index is 735. The smallest absolute Gasteiger partial charge is 0.249 e. The summed E-state index contributed by atoms with van der Waals surface area (Å²) in [4.78, 5) is 11.4. The topological polar surface area (TPSA) is 74.6 Å². The summed E-state index contributed by atoms with van der Waals surface area (Å²) in [6.45, 7) is 0. The summed E-state index contributed by atoms with van der Waals surface area (Å²) in [5, 5.41) is 4.24. The van der Waals surface area contributed by atoms with Gasteiger partial charge in [0, 0.05) is 5.56 Å². The summed E-state index contributed by atoms with van der Waals surface area (Å²) in [5.41, 5.74) is 5.96. The van der Waals surface area contributed by atoms with Gasteiger partial charge in [0.25, 0.3) is 0 Å². The van der Waals surface area contributed by atoms with E-state index in [1.807, 2.05) is 36.4 Å². The molecule has 0 heterocycles. The van der Waals surface area contributed by atoms with Crippen LogP contribution in [-0.2, 0) is 0 Å². The first-order chi connectivity index (χ1) is 8.25. The zero-order chi connectivity index (χ0) is 11.8. The quantitative estimate of drug-likeness (QED) is 0.650. The van der Waals surface area contributed by atoms with Crippen LogP contribution in [0.5, 0.6) is 0 Å². The molecule has 0 aromatic heterocycles. The lowest BCUT2D eigenvalue weighted by molar-refractivity contribution is 0.100. The van der Waals surface area contributed by atoms with Gasteiger partial charge in [-0.1, -0.05) is 36.4 Å². The maximum Gasteiger partial charge on any atom is 0.249 e. The van der Waals surface area contributed by atoms with Gasteiger partial charge in [-0.15, -0.1) is 0 Å². The van der Waals surface area contributed by atoms with E-state index in [1.165, 1.54) is 5.39 Å². The number of carbonyl (C=O) groups is 1. The average molecular weight is 239 g/mol. The lowest BCUT2D eigenvalue weighted by atomic mass is 9.99. The molecule has 18 heavy (non-hydrogen) atoms. The zero-order valence-corrected chi connectivity index (χ0v) is 9.68. The largest absolute Gasteiger partial charge is 0.412 e.